The fraction of sp³-hybridized carbons (Fsp3) is 0.0769. The lowest BCUT2D eigenvalue weighted by atomic mass is 10.1. The van der Waals surface area contributed by atoms with E-state index in [0.29, 0.717) is 28.7 Å². The molecule has 0 saturated carbocycles. The summed E-state index contributed by atoms with van der Waals surface area (Å²) in [6.45, 7) is 0.517. The number of fused-ring (bicyclic) bond motifs is 4. The molecule has 0 saturated heterocycles. The van der Waals surface area contributed by atoms with Crippen LogP contribution in [0.15, 0.2) is 95.3 Å². The summed E-state index contributed by atoms with van der Waals surface area (Å²) < 4.78 is 3.23. The molecular formula is C26H20N7O+. The molecule has 6 rings (SSSR count). The molecular weight excluding hydrogens is 426 g/mol. The Morgan fingerprint density at radius 1 is 0.882 bits per heavy atom. The SMILES string of the molecule is O=c1c2c3nc4ccccc4nc3n(N=Cc3cc[nH+]cc3)c2ncn1CCc1ccccc1. The lowest BCUT2D eigenvalue weighted by Crippen LogP contribution is -2.21. The number of nitrogens with one attached hydrogen (secondary N) is 1. The van der Waals surface area contributed by atoms with Crippen LogP contribution >= 0.6 is 0 Å². The first-order valence-corrected chi connectivity index (χ1v) is 11.0. The third-order valence-electron chi connectivity index (χ3n) is 5.76. The minimum absolute atomic E-state index is 0.154. The summed E-state index contributed by atoms with van der Waals surface area (Å²) in [5, 5.41) is 5.05. The van der Waals surface area contributed by atoms with E-state index < -0.39 is 0 Å². The van der Waals surface area contributed by atoms with Gasteiger partial charge in [-0.2, -0.15) is 9.78 Å². The second-order valence-electron chi connectivity index (χ2n) is 7.95. The van der Waals surface area contributed by atoms with Crippen LogP contribution in [0.4, 0.5) is 0 Å². The Labute approximate surface area is 193 Å². The zero-order valence-electron chi connectivity index (χ0n) is 18.2. The van der Waals surface area contributed by atoms with Gasteiger partial charge in [-0.1, -0.05) is 42.5 Å². The molecule has 164 valence electrons. The molecule has 0 atom stereocenters. The number of aryl methyl sites for hydroxylation is 2. The molecule has 6 aromatic rings. The van der Waals surface area contributed by atoms with Gasteiger partial charge in [0.2, 0.25) is 0 Å². The van der Waals surface area contributed by atoms with E-state index in [9.17, 15) is 4.79 Å². The van der Waals surface area contributed by atoms with Crippen molar-refractivity contribution in [3.8, 4) is 0 Å². The third kappa shape index (κ3) is 3.51. The summed E-state index contributed by atoms with van der Waals surface area (Å²) in [7, 11) is 0. The highest BCUT2D eigenvalue weighted by Gasteiger charge is 2.19. The predicted molar refractivity (Wildman–Crippen MR) is 131 cm³/mol. The van der Waals surface area contributed by atoms with E-state index >= 15 is 0 Å². The summed E-state index contributed by atoms with van der Waals surface area (Å²) >= 11 is 0. The minimum atomic E-state index is -0.154. The Hall–Kier alpha value is -4.72. The molecule has 0 aliphatic rings. The van der Waals surface area contributed by atoms with Gasteiger partial charge in [0.1, 0.15) is 10.9 Å². The average molecular weight is 446 g/mol. The van der Waals surface area contributed by atoms with E-state index in [4.69, 9.17) is 9.97 Å². The Morgan fingerprint density at radius 2 is 1.62 bits per heavy atom. The fourth-order valence-electron chi connectivity index (χ4n) is 4.03. The molecule has 1 N–H and O–H groups in total. The summed E-state index contributed by atoms with van der Waals surface area (Å²) in [4.78, 5) is 30.8. The number of hydrogen-bond acceptors (Lipinski definition) is 5. The maximum absolute atomic E-state index is 13.6. The fourth-order valence-corrected chi connectivity index (χ4v) is 4.03. The molecule has 2 aromatic carbocycles. The third-order valence-corrected chi connectivity index (χ3v) is 5.76. The van der Waals surface area contributed by atoms with Gasteiger partial charge in [0, 0.05) is 24.2 Å². The normalized spacial score (nSPS) is 11.8. The van der Waals surface area contributed by atoms with Gasteiger partial charge in [0.05, 0.1) is 23.6 Å². The lowest BCUT2D eigenvalue weighted by Gasteiger charge is -2.05. The monoisotopic (exact) mass is 446 g/mol. The van der Waals surface area contributed by atoms with Crippen LogP contribution in [0.2, 0.25) is 0 Å². The van der Waals surface area contributed by atoms with Crippen molar-refractivity contribution in [3.63, 3.8) is 0 Å². The van der Waals surface area contributed by atoms with Crippen LogP contribution in [0.5, 0.6) is 0 Å². The van der Waals surface area contributed by atoms with Crippen molar-refractivity contribution in [3.05, 3.63) is 107 Å². The first-order chi connectivity index (χ1) is 16.8. The van der Waals surface area contributed by atoms with Crippen molar-refractivity contribution in [2.75, 3.05) is 0 Å². The van der Waals surface area contributed by atoms with Crippen LogP contribution in [0, 0.1) is 0 Å². The Kier molecular flexibility index (Phi) is 4.88. The Bertz CT molecular complexity index is 1720. The van der Waals surface area contributed by atoms with E-state index in [1.54, 1.807) is 21.8 Å². The summed E-state index contributed by atoms with van der Waals surface area (Å²) in [5.74, 6) is 0. The van der Waals surface area contributed by atoms with E-state index in [1.807, 2.05) is 67.0 Å². The summed E-state index contributed by atoms with van der Waals surface area (Å²) in [6.07, 6.45) is 7.67. The van der Waals surface area contributed by atoms with Crippen molar-refractivity contribution < 1.29 is 4.98 Å². The molecule has 8 nitrogen and oxygen atoms in total. The van der Waals surface area contributed by atoms with Gasteiger partial charge in [-0.05, 0) is 24.1 Å². The number of pyridine rings is 1. The lowest BCUT2D eigenvalue weighted by molar-refractivity contribution is -0.378. The summed E-state index contributed by atoms with van der Waals surface area (Å²) in [5.41, 5.74) is 4.79. The molecule has 0 spiro atoms. The Morgan fingerprint density at radius 3 is 2.41 bits per heavy atom. The molecule has 8 heteroatoms. The van der Waals surface area contributed by atoms with E-state index in [1.165, 1.54) is 0 Å². The van der Waals surface area contributed by atoms with Gasteiger partial charge in [0.25, 0.3) is 5.56 Å². The smallest absolute Gasteiger partial charge is 0.265 e. The van der Waals surface area contributed by atoms with Gasteiger partial charge >= 0.3 is 0 Å². The van der Waals surface area contributed by atoms with Crippen LogP contribution < -0.4 is 10.5 Å². The maximum atomic E-state index is 13.6. The van der Waals surface area contributed by atoms with E-state index in [0.717, 1.165) is 28.6 Å². The number of para-hydroxylation sites is 2. The number of nitrogens with zero attached hydrogens (tertiary/aromatic N) is 6. The van der Waals surface area contributed by atoms with Crippen molar-refractivity contribution in [1.29, 1.82) is 0 Å². The summed E-state index contributed by atoms with van der Waals surface area (Å²) in [6, 6.07) is 21.5. The van der Waals surface area contributed by atoms with Gasteiger partial charge in [-0.3, -0.25) is 9.36 Å². The standard InChI is InChI=1S/C26H19N7O/c34-26-22-23-25(31-21-9-5-4-8-20(21)30-23)33(29-16-19-10-13-27-14-11-19)24(22)28-17-32(26)15-12-18-6-2-1-3-7-18/h1-11,13-14,16-17H,12,15H2/p+1. The molecule has 4 aromatic heterocycles. The molecule has 0 bridgehead atoms. The first kappa shape index (κ1) is 19.9. The van der Waals surface area contributed by atoms with Gasteiger partial charge in [-0.25, -0.2) is 19.9 Å². The van der Waals surface area contributed by atoms with E-state index in [-0.39, 0.29) is 5.56 Å². The maximum Gasteiger partial charge on any atom is 0.265 e. The molecule has 34 heavy (non-hydrogen) atoms. The van der Waals surface area contributed by atoms with Crippen molar-refractivity contribution in [2.45, 2.75) is 13.0 Å². The number of rotatable bonds is 5. The highest BCUT2D eigenvalue weighted by molar-refractivity contribution is 6.04. The molecule has 0 fully saturated rings. The van der Waals surface area contributed by atoms with Crippen molar-refractivity contribution in [2.24, 2.45) is 5.10 Å². The number of aromatic amines is 1. The highest BCUT2D eigenvalue weighted by Crippen LogP contribution is 2.24. The van der Waals surface area contributed by atoms with Crippen LogP contribution in [-0.2, 0) is 13.0 Å². The Balaban J connectivity index is 1.55. The molecule has 4 heterocycles. The number of aromatic nitrogens is 6. The minimum Gasteiger partial charge on any atom is -0.298 e. The van der Waals surface area contributed by atoms with E-state index in [2.05, 4.69) is 27.2 Å². The molecule has 0 aliphatic carbocycles. The number of H-pyrrole nitrogens is 1. The average Bonchev–Trinajstić information content (AvgIpc) is 3.20. The van der Waals surface area contributed by atoms with Gasteiger partial charge < -0.3 is 0 Å². The largest absolute Gasteiger partial charge is 0.298 e. The van der Waals surface area contributed by atoms with Crippen LogP contribution in [0.25, 0.3) is 33.2 Å². The molecule has 0 amide bonds. The van der Waals surface area contributed by atoms with Crippen LogP contribution in [-0.4, -0.2) is 30.4 Å². The van der Waals surface area contributed by atoms with Crippen molar-refractivity contribution >= 4 is 39.4 Å². The zero-order valence-corrected chi connectivity index (χ0v) is 18.2. The number of benzene rings is 2. The van der Waals surface area contributed by atoms with Crippen LogP contribution in [0.1, 0.15) is 11.1 Å². The quantitative estimate of drug-likeness (QED) is 0.380. The second-order valence-corrected chi connectivity index (χ2v) is 7.95. The molecule has 0 radical (unpaired) electrons. The molecule has 0 unspecified atom stereocenters. The van der Waals surface area contributed by atoms with Gasteiger partial charge in [0.15, 0.2) is 23.7 Å². The topological polar surface area (TPSA) is 92.1 Å². The predicted octanol–water partition coefficient (Wildman–Crippen LogP) is 3.23. The highest BCUT2D eigenvalue weighted by atomic mass is 16.1. The second kappa shape index (κ2) is 8.32. The zero-order chi connectivity index (χ0) is 22.9. The number of hydrogen-bond donors (Lipinski definition) is 0. The molecule has 0 aliphatic heterocycles. The van der Waals surface area contributed by atoms with Gasteiger partial charge in [-0.15, -0.1) is 0 Å². The first-order valence-electron chi connectivity index (χ1n) is 11.0. The van der Waals surface area contributed by atoms with Crippen molar-refractivity contribution in [1.82, 2.24) is 24.2 Å². The van der Waals surface area contributed by atoms with Crippen LogP contribution in [0.3, 0.4) is 0 Å².